The van der Waals surface area contributed by atoms with E-state index in [-0.39, 0.29) is 5.91 Å². The Hall–Kier alpha value is -3.02. The third-order valence-corrected chi connectivity index (χ3v) is 5.48. The molecule has 1 unspecified atom stereocenters. The van der Waals surface area contributed by atoms with Gasteiger partial charge in [0.1, 0.15) is 0 Å². The maximum atomic E-state index is 12.1. The number of rotatable bonds is 7. The first-order valence-corrected chi connectivity index (χ1v) is 10.6. The number of hydrogen-bond donors (Lipinski definition) is 2. The highest BCUT2D eigenvalue weighted by atomic mass is 16.2. The van der Waals surface area contributed by atoms with E-state index < -0.39 is 0 Å². The first-order valence-electron chi connectivity index (χ1n) is 10.6. The highest BCUT2D eigenvalue weighted by Crippen LogP contribution is 2.22. The van der Waals surface area contributed by atoms with E-state index in [2.05, 4.69) is 56.9 Å². The van der Waals surface area contributed by atoms with Crippen LogP contribution >= 0.6 is 0 Å². The number of benzene rings is 2. The molecule has 2 aromatic carbocycles. The summed E-state index contributed by atoms with van der Waals surface area (Å²) in [6, 6.07) is 18.4. The molecule has 1 aliphatic rings. The number of nitrogens with one attached hydrogen (secondary N) is 2. The number of nitrogens with zero attached hydrogens (tertiary/aromatic N) is 3. The van der Waals surface area contributed by atoms with Gasteiger partial charge in [0.15, 0.2) is 5.96 Å². The molecule has 160 valence electrons. The fraction of sp³-hybridized carbons (Fsp3) is 0.417. The lowest BCUT2D eigenvalue weighted by Crippen LogP contribution is -2.41. The van der Waals surface area contributed by atoms with Crippen molar-refractivity contribution in [3.05, 3.63) is 65.7 Å². The topological polar surface area (TPSA) is 60.0 Å². The molecule has 1 fully saturated rings. The standard InChI is InChI=1S/C24H33N5O/c1-25-24(26-14-12-19-8-7-9-21(16-19)23(30)28(2)3)27-17-20-13-15-29(18-20)22-10-5-4-6-11-22/h4-11,16,20H,12-15,17-18H2,1-3H3,(H2,25,26,27). The smallest absolute Gasteiger partial charge is 0.253 e. The summed E-state index contributed by atoms with van der Waals surface area (Å²) in [7, 11) is 5.35. The van der Waals surface area contributed by atoms with Gasteiger partial charge in [0.25, 0.3) is 5.91 Å². The van der Waals surface area contributed by atoms with Gasteiger partial charge in [-0.2, -0.15) is 0 Å². The van der Waals surface area contributed by atoms with Crippen molar-refractivity contribution in [3.8, 4) is 0 Å². The molecule has 30 heavy (non-hydrogen) atoms. The molecule has 1 amide bonds. The van der Waals surface area contributed by atoms with Crippen LogP contribution in [0.5, 0.6) is 0 Å². The average Bonchev–Trinajstić information content (AvgIpc) is 3.25. The van der Waals surface area contributed by atoms with Crippen molar-refractivity contribution in [2.75, 3.05) is 52.2 Å². The quantitative estimate of drug-likeness (QED) is 0.547. The van der Waals surface area contributed by atoms with Crippen LogP contribution in [0.2, 0.25) is 0 Å². The Kier molecular flexibility index (Phi) is 7.71. The van der Waals surface area contributed by atoms with E-state index in [9.17, 15) is 4.79 Å². The number of guanidine groups is 1. The molecule has 1 aliphatic heterocycles. The highest BCUT2D eigenvalue weighted by Gasteiger charge is 2.22. The molecule has 2 N–H and O–H groups in total. The lowest BCUT2D eigenvalue weighted by molar-refractivity contribution is 0.0827. The van der Waals surface area contributed by atoms with Crippen LogP contribution in [0.4, 0.5) is 5.69 Å². The molecule has 2 aromatic rings. The van der Waals surface area contributed by atoms with Crippen LogP contribution in [0.3, 0.4) is 0 Å². The Bertz CT molecular complexity index is 850. The molecule has 0 spiro atoms. The zero-order valence-corrected chi connectivity index (χ0v) is 18.3. The van der Waals surface area contributed by atoms with Crippen molar-refractivity contribution < 1.29 is 4.79 Å². The summed E-state index contributed by atoms with van der Waals surface area (Å²) >= 11 is 0. The minimum atomic E-state index is 0.0309. The van der Waals surface area contributed by atoms with Crippen LogP contribution in [0.25, 0.3) is 0 Å². The van der Waals surface area contributed by atoms with E-state index in [1.807, 2.05) is 18.2 Å². The van der Waals surface area contributed by atoms with Crippen molar-refractivity contribution >= 4 is 17.6 Å². The molecular weight excluding hydrogens is 374 g/mol. The molecule has 0 aliphatic carbocycles. The van der Waals surface area contributed by atoms with Gasteiger partial charge in [-0.1, -0.05) is 30.3 Å². The van der Waals surface area contributed by atoms with E-state index in [0.29, 0.717) is 5.92 Å². The van der Waals surface area contributed by atoms with Crippen molar-refractivity contribution in [2.45, 2.75) is 12.8 Å². The predicted octanol–water partition coefficient (Wildman–Crippen LogP) is 2.62. The van der Waals surface area contributed by atoms with Gasteiger partial charge in [0, 0.05) is 58.6 Å². The summed E-state index contributed by atoms with van der Waals surface area (Å²) in [6.07, 6.45) is 2.02. The Morgan fingerprint density at radius 1 is 1.13 bits per heavy atom. The molecule has 3 rings (SSSR count). The number of carbonyl (C=O) groups is 1. The highest BCUT2D eigenvalue weighted by molar-refractivity contribution is 5.94. The number of anilines is 1. The van der Waals surface area contributed by atoms with Crippen LogP contribution in [-0.2, 0) is 6.42 Å². The van der Waals surface area contributed by atoms with Gasteiger partial charge in [-0.3, -0.25) is 9.79 Å². The Morgan fingerprint density at radius 3 is 2.67 bits per heavy atom. The fourth-order valence-corrected chi connectivity index (χ4v) is 3.78. The van der Waals surface area contributed by atoms with Crippen LogP contribution in [0.1, 0.15) is 22.3 Å². The molecule has 6 heteroatoms. The molecule has 1 saturated heterocycles. The van der Waals surface area contributed by atoms with Gasteiger partial charge in [-0.15, -0.1) is 0 Å². The lowest BCUT2D eigenvalue weighted by atomic mass is 10.1. The van der Waals surface area contributed by atoms with E-state index >= 15 is 0 Å². The van der Waals surface area contributed by atoms with Crippen molar-refractivity contribution in [1.29, 1.82) is 0 Å². The largest absolute Gasteiger partial charge is 0.371 e. The summed E-state index contributed by atoms with van der Waals surface area (Å²) in [5.41, 5.74) is 3.17. The second kappa shape index (κ2) is 10.7. The zero-order valence-electron chi connectivity index (χ0n) is 18.3. The fourth-order valence-electron chi connectivity index (χ4n) is 3.78. The molecular formula is C24H33N5O. The summed E-state index contributed by atoms with van der Waals surface area (Å²) < 4.78 is 0. The molecule has 0 aromatic heterocycles. The minimum Gasteiger partial charge on any atom is -0.371 e. The molecule has 0 radical (unpaired) electrons. The molecule has 1 heterocycles. The van der Waals surface area contributed by atoms with Crippen molar-refractivity contribution in [1.82, 2.24) is 15.5 Å². The predicted molar refractivity (Wildman–Crippen MR) is 124 cm³/mol. The van der Waals surface area contributed by atoms with E-state index in [1.165, 1.54) is 12.1 Å². The molecule has 0 saturated carbocycles. The lowest BCUT2D eigenvalue weighted by Gasteiger charge is -2.19. The summed E-state index contributed by atoms with van der Waals surface area (Å²) in [6.45, 7) is 3.85. The first kappa shape index (κ1) is 21.7. The molecule has 1 atom stereocenters. The van der Waals surface area contributed by atoms with Crippen molar-refractivity contribution in [2.24, 2.45) is 10.9 Å². The van der Waals surface area contributed by atoms with Gasteiger partial charge in [0.2, 0.25) is 0 Å². The van der Waals surface area contributed by atoms with Gasteiger partial charge in [-0.05, 0) is 48.6 Å². The monoisotopic (exact) mass is 407 g/mol. The van der Waals surface area contributed by atoms with Crippen LogP contribution in [0, 0.1) is 5.92 Å². The second-order valence-corrected chi connectivity index (χ2v) is 7.97. The van der Waals surface area contributed by atoms with Crippen LogP contribution in [0.15, 0.2) is 59.6 Å². The zero-order chi connectivity index (χ0) is 21.3. The number of para-hydroxylation sites is 1. The van der Waals surface area contributed by atoms with Gasteiger partial charge in [-0.25, -0.2) is 0 Å². The maximum absolute atomic E-state index is 12.1. The number of hydrogen-bond acceptors (Lipinski definition) is 3. The SMILES string of the molecule is CN=C(NCCc1cccc(C(=O)N(C)C)c1)NCC1CCN(c2ccccc2)C1. The Balaban J connectivity index is 1.41. The molecule has 6 nitrogen and oxygen atoms in total. The van der Waals surface area contributed by atoms with Gasteiger partial charge in [0.05, 0.1) is 0 Å². The maximum Gasteiger partial charge on any atom is 0.253 e. The van der Waals surface area contributed by atoms with E-state index in [4.69, 9.17) is 0 Å². The van der Waals surface area contributed by atoms with E-state index in [0.717, 1.165) is 49.7 Å². The minimum absolute atomic E-state index is 0.0309. The number of aliphatic imine (C=N–C) groups is 1. The van der Waals surface area contributed by atoms with Crippen LogP contribution in [-0.4, -0.2) is 64.1 Å². The first-order chi connectivity index (χ1) is 14.6. The van der Waals surface area contributed by atoms with Gasteiger partial charge >= 0.3 is 0 Å². The number of amides is 1. The third-order valence-electron chi connectivity index (χ3n) is 5.48. The number of carbonyl (C=O) groups excluding carboxylic acids is 1. The Morgan fingerprint density at radius 2 is 1.93 bits per heavy atom. The van der Waals surface area contributed by atoms with E-state index in [1.54, 1.807) is 26.0 Å². The summed E-state index contributed by atoms with van der Waals surface area (Å²) in [4.78, 5) is 20.5. The van der Waals surface area contributed by atoms with Gasteiger partial charge < -0.3 is 20.4 Å². The summed E-state index contributed by atoms with van der Waals surface area (Å²) in [5, 5.41) is 6.85. The average molecular weight is 408 g/mol. The summed E-state index contributed by atoms with van der Waals surface area (Å²) in [5.74, 6) is 1.47. The second-order valence-electron chi connectivity index (χ2n) is 7.97. The van der Waals surface area contributed by atoms with Crippen molar-refractivity contribution in [3.63, 3.8) is 0 Å². The molecule has 0 bridgehead atoms. The Labute approximate surface area is 180 Å². The normalized spacial score (nSPS) is 16.4. The third kappa shape index (κ3) is 5.99. The van der Waals surface area contributed by atoms with Crippen LogP contribution < -0.4 is 15.5 Å².